The Bertz CT molecular complexity index is 936. The van der Waals surface area contributed by atoms with E-state index in [1.54, 1.807) is 11.7 Å². The van der Waals surface area contributed by atoms with Crippen molar-refractivity contribution < 1.29 is 9.13 Å². The summed E-state index contributed by atoms with van der Waals surface area (Å²) in [4.78, 5) is 3.06. The smallest absolute Gasteiger partial charge is 0.182 e. The molecule has 0 bridgehead atoms. The summed E-state index contributed by atoms with van der Waals surface area (Å²) >= 11 is 5.33. The molecule has 3 rings (SSSR count). The van der Waals surface area contributed by atoms with Gasteiger partial charge in [-0.2, -0.15) is 5.26 Å². The van der Waals surface area contributed by atoms with Gasteiger partial charge in [0, 0.05) is 0 Å². The van der Waals surface area contributed by atoms with E-state index in [9.17, 15) is 9.65 Å². The highest BCUT2D eigenvalue weighted by atomic mass is 32.1. The Morgan fingerprint density at radius 1 is 1.33 bits per heavy atom. The van der Waals surface area contributed by atoms with Crippen LogP contribution in [0.4, 0.5) is 4.39 Å². The molecule has 0 aliphatic heterocycles. The topological polar surface area (TPSA) is 53.7 Å². The maximum atomic E-state index is 13.3. The van der Waals surface area contributed by atoms with Gasteiger partial charge in [0.2, 0.25) is 0 Å². The van der Waals surface area contributed by atoms with Crippen LogP contribution in [0.3, 0.4) is 0 Å². The zero-order chi connectivity index (χ0) is 15.0. The number of imidazole rings is 1. The molecular weight excluding hydrogens is 289 g/mol. The third kappa shape index (κ3) is 2.08. The molecule has 0 unspecified atom stereocenters. The zero-order valence-electron chi connectivity index (χ0n) is 11.1. The fraction of sp³-hybridized carbons (Fsp3) is 0.0667. The van der Waals surface area contributed by atoms with Crippen LogP contribution >= 0.6 is 12.2 Å². The first kappa shape index (κ1) is 13.3. The van der Waals surface area contributed by atoms with Crippen LogP contribution in [0.15, 0.2) is 36.4 Å². The highest BCUT2D eigenvalue weighted by molar-refractivity contribution is 7.71. The molecule has 0 radical (unpaired) electrons. The molecule has 0 atom stereocenters. The number of hydrogen-bond acceptors (Lipinski definition) is 3. The van der Waals surface area contributed by atoms with Crippen molar-refractivity contribution in [2.75, 3.05) is 7.11 Å². The number of rotatable bonds is 2. The lowest BCUT2D eigenvalue weighted by atomic mass is 10.2. The van der Waals surface area contributed by atoms with Crippen molar-refractivity contribution >= 4 is 23.3 Å². The zero-order valence-corrected chi connectivity index (χ0v) is 11.9. The van der Waals surface area contributed by atoms with Gasteiger partial charge in [0.05, 0.1) is 23.9 Å². The average Bonchev–Trinajstić information content (AvgIpc) is 2.83. The van der Waals surface area contributed by atoms with E-state index < -0.39 is 5.82 Å². The summed E-state index contributed by atoms with van der Waals surface area (Å²) in [6, 6.07) is 11.5. The molecule has 3 aromatic rings. The third-order valence-corrected chi connectivity index (χ3v) is 3.50. The van der Waals surface area contributed by atoms with Gasteiger partial charge in [-0.1, -0.05) is 6.07 Å². The number of halogens is 1. The third-order valence-electron chi connectivity index (χ3n) is 3.22. The van der Waals surface area contributed by atoms with Crippen molar-refractivity contribution in [2.45, 2.75) is 0 Å². The Balaban J connectivity index is 2.39. The Morgan fingerprint density at radius 3 is 2.86 bits per heavy atom. The summed E-state index contributed by atoms with van der Waals surface area (Å²) in [5.41, 5.74) is 2.25. The van der Waals surface area contributed by atoms with E-state index in [2.05, 4.69) is 4.98 Å². The fourth-order valence-corrected chi connectivity index (χ4v) is 2.60. The van der Waals surface area contributed by atoms with Crippen LogP contribution < -0.4 is 4.74 Å². The first-order valence-corrected chi connectivity index (χ1v) is 6.54. The first-order chi connectivity index (χ1) is 10.2. The van der Waals surface area contributed by atoms with Crippen molar-refractivity contribution in [1.82, 2.24) is 9.55 Å². The fourth-order valence-electron chi connectivity index (χ4n) is 2.31. The number of methoxy groups -OCH3 is 1. The minimum absolute atomic E-state index is 0.217. The number of ether oxygens (including phenoxy) is 1. The minimum atomic E-state index is -0.459. The van der Waals surface area contributed by atoms with E-state index in [0.717, 1.165) is 11.0 Å². The van der Waals surface area contributed by atoms with E-state index in [0.29, 0.717) is 16.2 Å². The highest BCUT2D eigenvalue weighted by Crippen LogP contribution is 2.28. The van der Waals surface area contributed by atoms with E-state index in [-0.39, 0.29) is 5.56 Å². The lowest BCUT2D eigenvalue weighted by molar-refractivity contribution is 0.419. The van der Waals surface area contributed by atoms with Crippen LogP contribution in [0.5, 0.6) is 5.75 Å². The van der Waals surface area contributed by atoms with Crippen molar-refractivity contribution in [3.63, 3.8) is 0 Å². The summed E-state index contributed by atoms with van der Waals surface area (Å²) in [7, 11) is 1.57. The Hall–Kier alpha value is -2.65. The van der Waals surface area contributed by atoms with Gasteiger partial charge in [-0.15, -0.1) is 0 Å². The van der Waals surface area contributed by atoms with Gasteiger partial charge >= 0.3 is 0 Å². The van der Waals surface area contributed by atoms with Gasteiger partial charge in [0.15, 0.2) is 4.77 Å². The molecule has 0 spiro atoms. The van der Waals surface area contributed by atoms with Gasteiger partial charge in [0.25, 0.3) is 0 Å². The molecule has 1 aromatic heterocycles. The molecule has 0 aliphatic rings. The lowest BCUT2D eigenvalue weighted by Crippen LogP contribution is -1.98. The number of aromatic nitrogens is 2. The van der Waals surface area contributed by atoms with Gasteiger partial charge in [-0.25, -0.2) is 4.39 Å². The molecule has 0 amide bonds. The predicted molar refractivity (Wildman–Crippen MR) is 79.7 cm³/mol. The van der Waals surface area contributed by atoms with E-state index in [1.165, 1.54) is 18.2 Å². The Labute approximate surface area is 125 Å². The lowest BCUT2D eigenvalue weighted by Gasteiger charge is -2.07. The molecule has 0 aliphatic carbocycles. The number of H-pyrrole nitrogens is 1. The van der Waals surface area contributed by atoms with Crippen LogP contribution in [0.1, 0.15) is 5.56 Å². The minimum Gasteiger partial charge on any atom is -0.494 e. The molecule has 0 fully saturated rings. The number of aromatic amines is 1. The summed E-state index contributed by atoms with van der Waals surface area (Å²) in [5.74, 6) is 0.192. The summed E-state index contributed by atoms with van der Waals surface area (Å²) in [5, 5.41) is 9.21. The molecule has 6 heteroatoms. The Morgan fingerprint density at radius 2 is 2.14 bits per heavy atom. The van der Waals surface area contributed by atoms with Crippen molar-refractivity contribution in [3.8, 4) is 17.5 Å². The molecular formula is C15H10FN3OS. The molecule has 21 heavy (non-hydrogen) atoms. The van der Waals surface area contributed by atoms with Crippen LogP contribution in [-0.4, -0.2) is 16.7 Å². The van der Waals surface area contributed by atoms with Gasteiger partial charge in [-0.05, 0) is 42.5 Å². The number of nitrogens with one attached hydrogen (secondary N) is 1. The number of nitriles is 1. The van der Waals surface area contributed by atoms with E-state index >= 15 is 0 Å². The van der Waals surface area contributed by atoms with Crippen LogP contribution in [0.2, 0.25) is 0 Å². The highest BCUT2D eigenvalue weighted by Gasteiger charge is 2.13. The quantitative estimate of drug-likeness (QED) is 0.734. The number of benzene rings is 2. The molecule has 104 valence electrons. The van der Waals surface area contributed by atoms with E-state index in [4.69, 9.17) is 17.0 Å². The van der Waals surface area contributed by atoms with Gasteiger partial charge < -0.3 is 9.72 Å². The first-order valence-electron chi connectivity index (χ1n) is 6.13. The van der Waals surface area contributed by atoms with Gasteiger partial charge in [-0.3, -0.25) is 4.57 Å². The standard InChI is InChI=1S/C15H10FN3OS/c1-20-13-4-2-3-12-14(13)18-15(21)19(12)11-6-5-10(16)7-9(11)8-17/h2-7H,1H3,(H,18,21). The number of hydrogen-bond donors (Lipinski definition) is 1. The number of nitrogens with zero attached hydrogens (tertiary/aromatic N) is 2. The van der Waals surface area contributed by atoms with Gasteiger partial charge in [0.1, 0.15) is 23.2 Å². The van der Waals surface area contributed by atoms with Crippen molar-refractivity contribution in [1.29, 1.82) is 5.26 Å². The monoisotopic (exact) mass is 299 g/mol. The number of fused-ring (bicyclic) bond motifs is 1. The SMILES string of the molecule is COc1cccc2c1[nH]c(=S)n2-c1ccc(F)cc1C#N. The summed E-state index contributed by atoms with van der Waals surface area (Å²) < 4.78 is 20.7. The van der Waals surface area contributed by atoms with Crippen LogP contribution in [-0.2, 0) is 0 Å². The second-order valence-corrected chi connectivity index (χ2v) is 4.78. The summed E-state index contributed by atoms with van der Waals surface area (Å²) in [6.45, 7) is 0. The van der Waals surface area contributed by atoms with Crippen LogP contribution in [0, 0.1) is 21.9 Å². The predicted octanol–water partition coefficient (Wildman–Crippen LogP) is 3.71. The van der Waals surface area contributed by atoms with Crippen LogP contribution in [0.25, 0.3) is 16.7 Å². The van der Waals surface area contributed by atoms with Crippen molar-refractivity contribution in [3.05, 3.63) is 52.5 Å². The molecule has 0 saturated heterocycles. The normalized spacial score (nSPS) is 10.5. The maximum Gasteiger partial charge on any atom is 0.182 e. The molecule has 2 aromatic carbocycles. The van der Waals surface area contributed by atoms with Crippen molar-refractivity contribution in [2.24, 2.45) is 0 Å². The number of para-hydroxylation sites is 1. The maximum absolute atomic E-state index is 13.3. The largest absolute Gasteiger partial charge is 0.494 e. The second kappa shape index (κ2) is 5.04. The second-order valence-electron chi connectivity index (χ2n) is 4.39. The molecule has 1 heterocycles. The molecule has 1 N–H and O–H groups in total. The summed E-state index contributed by atoms with van der Waals surface area (Å²) in [6.07, 6.45) is 0. The average molecular weight is 299 g/mol. The van der Waals surface area contributed by atoms with E-state index in [1.807, 2.05) is 24.3 Å². The molecule has 0 saturated carbocycles. The Kier molecular flexibility index (Phi) is 3.20. The molecule has 4 nitrogen and oxygen atoms in total.